The first-order valence-corrected chi connectivity index (χ1v) is 8.47. The van der Waals surface area contributed by atoms with Gasteiger partial charge >= 0.3 is 0 Å². The molecule has 3 rings (SSSR count). The molecule has 1 aromatic carbocycles. The zero-order valence-electron chi connectivity index (χ0n) is 13.7. The summed E-state index contributed by atoms with van der Waals surface area (Å²) in [7, 11) is 0. The minimum Gasteiger partial charge on any atom is -0.350 e. The third-order valence-electron chi connectivity index (χ3n) is 4.22. The van der Waals surface area contributed by atoms with Crippen LogP contribution in [-0.2, 0) is 6.54 Å². The van der Waals surface area contributed by atoms with Crippen molar-refractivity contribution in [3.63, 3.8) is 0 Å². The van der Waals surface area contributed by atoms with Crippen LogP contribution in [0, 0.1) is 0 Å². The maximum atomic E-state index is 12.3. The van der Waals surface area contributed by atoms with Crippen LogP contribution in [0.4, 0.5) is 0 Å². The Morgan fingerprint density at radius 3 is 2.80 bits per heavy atom. The average molecular weight is 382 g/mol. The summed E-state index contributed by atoms with van der Waals surface area (Å²) in [5, 5.41) is 6.86. The largest absolute Gasteiger partial charge is 0.350 e. The number of benzene rings is 1. The molecular formula is C18H21Cl2N3O2. The quantitative estimate of drug-likeness (QED) is 0.835. The Morgan fingerprint density at radius 1 is 1.28 bits per heavy atom. The lowest BCUT2D eigenvalue weighted by Gasteiger charge is -2.13. The number of pyridine rings is 1. The summed E-state index contributed by atoms with van der Waals surface area (Å²) in [6, 6.07) is 10.7. The van der Waals surface area contributed by atoms with Gasteiger partial charge in [0.25, 0.3) is 11.5 Å². The first kappa shape index (κ1) is 19.5. The van der Waals surface area contributed by atoms with Gasteiger partial charge in [0.1, 0.15) is 0 Å². The number of amides is 1. The fourth-order valence-corrected chi connectivity index (χ4v) is 3.04. The van der Waals surface area contributed by atoms with Gasteiger partial charge in [0, 0.05) is 29.9 Å². The Balaban J connectivity index is 0.00000225. The van der Waals surface area contributed by atoms with E-state index in [4.69, 9.17) is 11.6 Å². The molecule has 1 aliphatic heterocycles. The van der Waals surface area contributed by atoms with Crippen LogP contribution in [-0.4, -0.2) is 29.6 Å². The second kappa shape index (κ2) is 9.04. The van der Waals surface area contributed by atoms with Crippen LogP contribution >= 0.6 is 24.0 Å². The molecule has 1 saturated heterocycles. The molecule has 2 N–H and O–H groups in total. The molecule has 0 aliphatic carbocycles. The zero-order valence-corrected chi connectivity index (χ0v) is 15.3. The van der Waals surface area contributed by atoms with Gasteiger partial charge in [-0.05, 0) is 37.1 Å². The van der Waals surface area contributed by atoms with Crippen LogP contribution in [0.25, 0.3) is 0 Å². The van der Waals surface area contributed by atoms with Crippen molar-refractivity contribution in [1.82, 2.24) is 15.2 Å². The van der Waals surface area contributed by atoms with E-state index in [1.54, 1.807) is 18.3 Å². The fourth-order valence-electron chi connectivity index (χ4n) is 2.85. The summed E-state index contributed by atoms with van der Waals surface area (Å²) in [6.45, 7) is 1.94. The fraction of sp³-hybridized carbons (Fsp3) is 0.333. The number of aromatic nitrogens is 1. The Morgan fingerprint density at radius 2 is 2.08 bits per heavy atom. The van der Waals surface area contributed by atoms with Crippen molar-refractivity contribution in [2.45, 2.75) is 25.4 Å². The number of halogens is 2. The van der Waals surface area contributed by atoms with E-state index < -0.39 is 0 Å². The number of carbonyl (C=O) groups is 1. The molecule has 2 aromatic rings. The Kier molecular flexibility index (Phi) is 7.05. The number of hydrogen-bond donors (Lipinski definition) is 2. The molecule has 1 amide bonds. The van der Waals surface area contributed by atoms with E-state index in [9.17, 15) is 9.59 Å². The lowest BCUT2D eigenvalue weighted by atomic mass is 10.2. The summed E-state index contributed by atoms with van der Waals surface area (Å²) in [5.74, 6) is -0.170. The number of rotatable bonds is 5. The molecule has 1 fully saturated rings. The van der Waals surface area contributed by atoms with Crippen LogP contribution in [0.3, 0.4) is 0 Å². The van der Waals surface area contributed by atoms with Gasteiger partial charge in [-0.3, -0.25) is 9.59 Å². The summed E-state index contributed by atoms with van der Waals surface area (Å²) in [4.78, 5) is 24.4. The Labute approximate surface area is 157 Å². The predicted octanol–water partition coefficient (Wildman–Crippen LogP) is 2.45. The summed E-state index contributed by atoms with van der Waals surface area (Å²) in [5.41, 5.74) is 1.15. The van der Waals surface area contributed by atoms with E-state index >= 15 is 0 Å². The van der Waals surface area contributed by atoms with Crippen LogP contribution < -0.4 is 16.2 Å². The van der Waals surface area contributed by atoms with Crippen LogP contribution in [0.5, 0.6) is 0 Å². The minimum atomic E-state index is -0.170. The number of nitrogens with one attached hydrogen (secondary N) is 2. The van der Waals surface area contributed by atoms with Gasteiger partial charge in [-0.1, -0.05) is 29.8 Å². The van der Waals surface area contributed by atoms with Crippen molar-refractivity contribution >= 4 is 29.9 Å². The van der Waals surface area contributed by atoms with E-state index in [0.717, 1.165) is 24.9 Å². The van der Waals surface area contributed by atoms with Crippen molar-refractivity contribution < 1.29 is 4.79 Å². The van der Waals surface area contributed by atoms with Crippen LogP contribution in [0.2, 0.25) is 5.02 Å². The highest BCUT2D eigenvalue weighted by Crippen LogP contribution is 2.15. The molecule has 25 heavy (non-hydrogen) atoms. The summed E-state index contributed by atoms with van der Waals surface area (Å²) >= 11 is 6.15. The van der Waals surface area contributed by atoms with Crippen molar-refractivity contribution in [1.29, 1.82) is 0 Å². The van der Waals surface area contributed by atoms with Gasteiger partial charge in [-0.25, -0.2) is 0 Å². The highest BCUT2D eigenvalue weighted by molar-refractivity contribution is 6.31. The molecule has 0 saturated carbocycles. The molecule has 2 heterocycles. The molecular weight excluding hydrogens is 361 g/mol. The first-order valence-electron chi connectivity index (χ1n) is 8.09. The lowest BCUT2D eigenvalue weighted by Crippen LogP contribution is -2.37. The third kappa shape index (κ3) is 5.08. The van der Waals surface area contributed by atoms with E-state index in [-0.39, 0.29) is 23.9 Å². The van der Waals surface area contributed by atoms with Gasteiger partial charge in [0.05, 0.1) is 12.1 Å². The van der Waals surface area contributed by atoms with Gasteiger partial charge in [0.2, 0.25) is 0 Å². The SMILES string of the molecule is Cl.O=C(NCC1CCCN1)c1ccc(=O)n(Cc2ccccc2Cl)c1. The van der Waals surface area contributed by atoms with Crippen molar-refractivity contribution in [3.8, 4) is 0 Å². The summed E-state index contributed by atoms with van der Waals surface area (Å²) in [6.07, 6.45) is 3.80. The van der Waals surface area contributed by atoms with E-state index in [1.165, 1.54) is 10.6 Å². The Bertz CT molecular complexity index is 786. The molecule has 0 spiro atoms. The molecule has 134 valence electrons. The zero-order chi connectivity index (χ0) is 16.9. The predicted molar refractivity (Wildman–Crippen MR) is 102 cm³/mol. The lowest BCUT2D eigenvalue weighted by molar-refractivity contribution is 0.0949. The number of hydrogen-bond acceptors (Lipinski definition) is 3. The highest BCUT2D eigenvalue weighted by atomic mass is 35.5. The van der Waals surface area contributed by atoms with E-state index in [0.29, 0.717) is 29.7 Å². The van der Waals surface area contributed by atoms with Crippen molar-refractivity contribution in [2.75, 3.05) is 13.1 Å². The normalized spacial score (nSPS) is 16.3. The first-order chi connectivity index (χ1) is 11.6. The standard InChI is InChI=1S/C18H20ClN3O2.ClH/c19-16-6-2-1-4-13(16)11-22-12-14(7-8-17(22)23)18(24)21-10-15-5-3-9-20-15;/h1-2,4,6-8,12,15,20H,3,5,9-11H2,(H,21,24);1H. The molecule has 0 radical (unpaired) electrons. The van der Waals surface area contributed by atoms with Crippen molar-refractivity contribution in [3.05, 3.63) is 69.1 Å². The maximum absolute atomic E-state index is 12.3. The molecule has 7 heteroatoms. The third-order valence-corrected chi connectivity index (χ3v) is 4.58. The topological polar surface area (TPSA) is 63.1 Å². The molecule has 0 bridgehead atoms. The monoisotopic (exact) mass is 381 g/mol. The van der Waals surface area contributed by atoms with Crippen LogP contribution in [0.1, 0.15) is 28.8 Å². The molecule has 1 aromatic heterocycles. The highest BCUT2D eigenvalue weighted by Gasteiger charge is 2.15. The maximum Gasteiger partial charge on any atom is 0.252 e. The molecule has 1 unspecified atom stereocenters. The van der Waals surface area contributed by atoms with Gasteiger partial charge < -0.3 is 15.2 Å². The van der Waals surface area contributed by atoms with E-state index in [1.807, 2.05) is 18.2 Å². The van der Waals surface area contributed by atoms with Crippen molar-refractivity contribution in [2.24, 2.45) is 0 Å². The molecule has 1 aliphatic rings. The van der Waals surface area contributed by atoms with E-state index in [2.05, 4.69) is 10.6 Å². The minimum absolute atomic E-state index is 0. The summed E-state index contributed by atoms with van der Waals surface area (Å²) < 4.78 is 1.50. The second-order valence-electron chi connectivity index (χ2n) is 5.98. The number of nitrogens with zero attached hydrogens (tertiary/aromatic N) is 1. The van der Waals surface area contributed by atoms with Gasteiger partial charge in [-0.15, -0.1) is 12.4 Å². The average Bonchev–Trinajstić information content (AvgIpc) is 3.10. The molecule has 5 nitrogen and oxygen atoms in total. The van der Waals surface area contributed by atoms with Gasteiger partial charge in [0.15, 0.2) is 0 Å². The van der Waals surface area contributed by atoms with Gasteiger partial charge in [-0.2, -0.15) is 0 Å². The van der Waals surface area contributed by atoms with Crippen LogP contribution in [0.15, 0.2) is 47.4 Å². The Hall–Kier alpha value is -1.82. The number of carbonyl (C=O) groups excluding carboxylic acids is 1. The second-order valence-corrected chi connectivity index (χ2v) is 6.39. The molecule has 1 atom stereocenters. The smallest absolute Gasteiger partial charge is 0.252 e.